The molecule has 12 heavy (non-hydrogen) atoms. The first-order chi connectivity index (χ1) is 5.83. The van der Waals surface area contributed by atoms with Crippen molar-refractivity contribution in [2.75, 3.05) is 18.6 Å². The van der Waals surface area contributed by atoms with E-state index in [9.17, 15) is 0 Å². The van der Waals surface area contributed by atoms with Crippen molar-refractivity contribution in [2.45, 2.75) is 32.2 Å². The summed E-state index contributed by atoms with van der Waals surface area (Å²) in [5.41, 5.74) is 1.57. The average molecular weight is 185 g/mol. The molecule has 0 radical (unpaired) electrons. The van der Waals surface area contributed by atoms with Crippen LogP contribution < -0.4 is 5.32 Å². The summed E-state index contributed by atoms with van der Waals surface area (Å²) in [4.78, 5) is 0. The summed E-state index contributed by atoms with van der Waals surface area (Å²) in [6.45, 7) is 3.40. The molecular formula is C10H19NS. The first-order valence-corrected chi connectivity index (χ1v) is 6.10. The zero-order valence-electron chi connectivity index (χ0n) is 8.10. The Labute approximate surface area is 80.0 Å². The predicted molar refractivity (Wildman–Crippen MR) is 57.8 cm³/mol. The van der Waals surface area contributed by atoms with E-state index in [1.165, 1.54) is 31.6 Å². The lowest BCUT2D eigenvalue weighted by molar-refractivity contribution is 0.482. The zero-order chi connectivity index (χ0) is 8.81. The summed E-state index contributed by atoms with van der Waals surface area (Å²) >= 11 is 1.91. The molecule has 1 N–H and O–H groups in total. The van der Waals surface area contributed by atoms with Crippen LogP contribution in [0.25, 0.3) is 0 Å². The molecule has 0 bridgehead atoms. The van der Waals surface area contributed by atoms with Gasteiger partial charge in [0.15, 0.2) is 0 Å². The van der Waals surface area contributed by atoms with Gasteiger partial charge in [-0.05, 0) is 32.4 Å². The van der Waals surface area contributed by atoms with Crippen molar-refractivity contribution in [3.8, 4) is 0 Å². The van der Waals surface area contributed by atoms with Crippen molar-refractivity contribution >= 4 is 11.8 Å². The fourth-order valence-electron chi connectivity index (χ4n) is 1.52. The van der Waals surface area contributed by atoms with E-state index in [4.69, 9.17) is 0 Å². The molecule has 1 unspecified atom stereocenters. The standard InChI is InChI=1S/C10H19NS/c1-9-3-5-10(6-4-9)11-7-8-12-2/h3,10-11H,4-8H2,1-2H3. The Bertz CT molecular complexity index is 154. The first kappa shape index (κ1) is 10.1. The number of nitrogens with one attached hydrogen (secondary N) is 1. The lowest BCUT2D eigenvalue weighted by Crippen LogP contribution is -2.31. The second-order valence-corrected chi connectivity index (χ2v) is 4.45. The minimum atomic E-state index is 0.751. The van der Waals surface area contributed by atoms with Gasteiger partial charge in [-0.3, -0.25) is 0 Å². The number of hydrogen-bond donors (Lipinski definition) is 1. The number of hydrogen-bond acceptors (Lipinski definition) is 2. The normalized spacial score (nSPS) is 23.8. The molecule has 1 atom stereocenters. The monoisotopic (exact) mass is 185 g/mol. The molecule has 0 saturated carbocycles. The summed E-state index contributed by atoms with van der Waals surface area (Å²) in [5, 5.41) is 3.58. The van der Waals surface area contributed by atoms with Crippen LogP contribution in [0.5, 0.6) is 0 Å². The van der Waals surface area contributed by atoms with Crippen LogP contribution in [0.4, 0.5) is 0 Å². The van der Waals surface area contributed by atoms with Crippen molar-refractivity contribution in [1.82, 2.24) is 5.32 Å². The van der Waals surface area contributed by atoms with Crippen LogP contribution in [0.3, 0.4) is 0 Å². The van der Waals surface area contributed by atoms with E-state index >= 15 is 0 Å². The quantitative estimate of drug-likeness (QED) is 0.533. The molecule has 0 aromatic rings. The van der Waals surface area contributed by atoms with Crippen LogP contribution in [0, 0.1) is 0 Å². The first-order valence-electron chi connectivity index (χ1n) is 4.71. The van der Waals surface area contributed by atoms with E-state index in [1.807, 2.05) is 11.8 Å². The highest BCUT2D eigenvalue weighted by molar-refractivity contribution is 7.98. The van der Waals surface area contributed by atoms with Gasteiger partial charge >= 0.3 is 0 Å². The highest BCUT2D eigenvalue weighted by Crippen LogP contribution is 2.16. The number of thioether (sulfide) groups is 1. The maximum absolute atomic E-state index is 3.58. The van der Waals surface area contributed by atoms with Gasteiger partial charge in [0.05, 0.1) is 0 Å². The minimum Gasteiger partial charge on any atom is -0.313 e. The van der Waals surface area contributed by atoms with Crippen LogP contribution in [0.1, 0.15) is 26.2 Å². The SMILES string of the molecule is CSCCNC1CC=C(C)CC1. The van der Waals surface area contributed by atoms with Crippen LogP contribution in [-0.4, -0.2) is 24.6 Å². The van der Waals surface area contributed by atoms with Crippen LogP contribution in [0.2, 0.25) is 0 Å². The Kier molecular flexibility index (Phi) is 4.77. The topological polar surface area (TPSA) is 12.0 Å². The Morgan fingerprint density at radius 1 is 1.67 bits per heavy atom. The highest BCUT2D eigenvalue weighted by atomic mass is 32.2. The smallest absolute Gasteiger partial charge is 0.0105 e. The highest BCUT2D eigenvalue weighted by Gasteiger charge is 2.10. The maximum Gasteiger partial charge on any atom is 0.0105 e. The largest absolute Gasteiger partial charge is 0.313 e. The molecule has 1 nitrogen and oxygen atoms in total. The predicted octanol–water partition coefficient (Wildman–Crippen LogP) is 2.44. The molecule has 1 aliphatic rings. The van der Waals surface area contributed by atoms with Crippen LogP contribution in [0.15, 0.2) is 11.6 Å². The summed E-state index contributed by atoms with van der Waals surface area (Å²) in [6.07, 6.45) is 8.39. The maximum atomic E-state index is 3.58. The van der Waals surface area contributed by atoms with Crippen LogP contribution in [-0.2, 0) is 0 Å². The van der Waals surface area contributed by atoms with E-state index in [-0.39, 0.29) is 0 Å². The summed E-state index contributed by atoms with van der Waals surface area (Å²) in [7, 11) is 0. The van der Waals surface area contributed by atoms with Gasteiger partial charge in [-0.2, -0.15) is 11.8 Å². The van der Waals surface area contributed by atoms with Gasteiger partial charge in [-0.1, -0.05) is 11.6 Å². The minimum absolute atomic E-state index is 0.751. The lowest BCUT2D eigenvalue weighted by atomic mass is 9.96. The second kappa shape index (κ2) is 5.65. The molecule has 70 valence electrons. The van der Waals surface area contributed by atoms with Gasteiger partial charge in [0, 0.05) is 18.3 Å². The van der Waals surface area contributed by atoms with Gasteiger partial charge in [-0.15, -0.1) is 0 Å². The van der Waals surface area contributed by atoms with Crippen molar-refractivity contribution in [3.63, 3.8) is 0 Å². The third-order valence-electron chi connectivity index (χ3n) is 2.38. The molecule has 0 aliphatic heterocycles. The van der Waals surface area contributed by atoms with Gasteiger partial charge < -0.3 is 5.32 Å². The number of allylic oxidation sites excluding steroid dienone is 1. The zero-order valence-corrected chi connectivity index (χ0v) is 8.91. The molecule has 1 rings (SSSR count). The molecule has 1 aliphatic carbocycles. The van der Waals surface area contributed by atoms with Crippen LogP contribution >= 0.6 is 11.8 Å². The third kappa shape index (κ3) is 3.63. The molecule has 0 saturated heterocycles. The third-order valence-corrected chi connectivity index (χ3v) is 2.99. The van der Waals surface area contributed by atoms with Gasteiger partial charge in [0.1, 0.15) is 0 Å². The summed E-state index contributed by atoms with van der Waals surface area (Å²) in [6, 6.07) is 0.751. The fraction of sp³-hybridized carbons (Fsp3) is 0.800. The molecule has 0 heterocycles. The Morgan fingerprint density at radius 3 is 3.08 bits per heavy atom. The van der Waals surface area contributed by atoms with Gasteiger partial charge in [-0.25, -0.2) is 0 Å². The van der Waals surface area contributed by atoms with E-state index in [0.29, 0.717) is 0 Å². The van der Waals surface area contributed by atoms with E-state index in [0.717, 1.165) is 6.04 Å². The van der Waals surface area contributed by atoms with Crippen molar-refractivity contribution in [3.05, 3.63) is 11.6 Å². The van der Waals surface area contributed by atoms with Gasteiger partial charge in [0.2, 0.25) is 0 Å². The lowest BCUT2D eigenvalue weighted by Gasteiger charge is -2.21. The molecular weight excluding hydrogens is 166 g/mol. The van der Waals surface area contributed by atoms with Crippen molar-refractivity contribution in [1.29, 1.82) is 0 Å². The Hall–Kier alpha value is 0.0500. The van der Waals surface area contributed by atoms with E-state index in [2.05, 4.69) is 24.6 Å². The summed E-state index contributed by atoms with van der Waals surface area (Å²) in [5.74, 6) is 1.24. The molecule has 0 fully saturated rings. The molecule has 0 spiro atoms. The second-order valence-electron chi connectivity index (χ2n) is 3.47. The van der Waals surface area contributed by atoms with E-state index < -0.39 is 0 Å². The fourth-order valence-corrected chi connectivity index (χ4v) is 1.84. The molecule has 2 heteroatoms. The van der Waals surface area contributed by atoms with Crippen molar-refractivity contribution in [2.24, 2.45) is 0 Å². The number of rotatable bonds is 4. The Morgan fingerprint density at radius 2 is 2.50 bits per heavy atom. The molecule has 0 aromatic heterocycles. The molecule has 0 amide bonds. The average Bonchev–Trinajstić information content (AvgIpc) is 2.09. The van der Waals surface area contributed by atoms with Gasteiger partial charge in [0.25, 0.3) is 0 Å². The summed E-state index contributed by atoms with van der Waals surface area (Å²) < 4.78 is 0. The van der Waals surface area contributed by atoms with E-state index in [1.54, 1.807) is 5.57 Å². The Balaban J connectivity index is 2.10. The molecule has 0 aromatic carbocycles. The van der Waals surface area contributed by atoms with Crippen molar-refractivity contribution < 1.29 is 0 Å².